The number of aliphatic carboxylic acids is 1. The van der Waals surface area contributed by atoms with E-state index in [1.807, 2.05) is 13.8 Å². The van der Waals surface area contributed by atoms with E-state index >= 15 is 0 Å². The van der Waals surface area contributed by atoms with Gasteiger partial charge in [-0.15, -0.1) is 0 Å². The summed E-state index contributed by atoms with van der Waals surface area (Å²) in [6, 6.07) is 0. The predicted molar refractivity (Wildman–Crippen MR) is 77.7 cm³/mol. The van der Waals surface area contributed by atoms with Gasteiger partial charge >= 0.3 is 11.7 Å². The van der Waals surface area contributed by atoms with E-state index in [0.717, 1.165) is 0 Å². The maximum Gasteiger partial charge on any atom is 0.348 e. The van der Waals surface area contributed by atoms with E-state index in [4.69, 9.17) is 4.74 Å². The van der Waals surface area contributed by atoms with Crippen molar-refractivity contribution in [2.24, 2.45) is 0 Å². The van der Waals surface area contributed by atoms with Crippen LogP contribution in [0.3, 0.4) is 0 Å². The topological polar surface area (TPSA) is 81.4 Å². The molecule has 0 aliphatic carbocycles. The van der Waals surface area contributed by atoms with Gasteiger partial charge in [0.2, 0.25) is 0 Å². The van der Waals surface area contributed by atoms with E-state index in [1.54, 1.807) is 25.3 Å². The monoisotopic (exact) mass is 294 g/mol. The van der Waals surface area contributed by atoms with Crippen LogP contribution in [-0.4, -0.2) is 33.3 Å². The zero-order chi connectivity index (χ0) is 15.9. The predicted octanol–water partition coefficient (Wildman–Crippen LogP) is 1.57. The summed E-state index contributed by atoms with van der Waals surface area (Å²) in [6.07, 6.45) is 0.590. The van der Waals surface area contributed by atoms with Crippen LogP contribution in [0.4, 0.5) is 0 Å². The van der Waals surface area contributed by atoms with E-state index in [2.05, 4.69) is 4.98 Å². The fourth-order valence-electron chi connectivity index (χ4n) is 3.25. The number of carboxylic acids is 1. The average molecular weight is 294 g/mol. The lowest BCUT2D eigenvalue weighted by Crippen LogP contribution is -2.46. The van der Waals surface area contributed by atoms with E-state index < -0.39 is 17.4 Å². The lowest BCUT2D eigenvalue weighted by atomic mass is 9.91. The number of nitrogens with zero attached hydrogens (tertiary/aromatic N) is 2. The smallest absolute Gasteiger partial charge is 0.348 e. The highest BCUT2D eigenvalue weighted by Crippen LogP contribution is 2.34. The Kier molecular flexibility index (Phi) is 3.93. The van der Waals surface area contributed by atoms with Gasteiger partial charge in [-0.25, -0.2) is 4.79 Å². The summed E-state index contributed by atoms with van der Waals surface area (Å²) >= 11 is 0. The highest BCUT2D eigenvalue weighted by molar-refractivity contribution is 5.76. The van der Waals surface area contributed by atoms with E-state index in [9.17, 15) is 14.7 Å². The second-order valence-corrected chi connectivity index (χ2v) is 5.99. The second kappa shape index (κ2) is 5.26. The molecule has 2 rings (SSSR count). The molecular weight excluding hydrogens is 272 g/mol. The minimum Gasteiger partial charge on any atom is -0.481 e. The Morgan fingerprint density at radius 2 is 2.14 bits per heavy atom. The van der Waals surface area contributed by atoms with Gasteiger partial charge in [-0.05, 0) is 41.0 Å². The van der Waals surface area contributed by atoms with Crippen LogP contribution in [0.15, 0.2) is 4.79 Å². The van der Waals surface area contributed by atoms with Crippen molar-refractivity contribution in [3.8, 4) is 0 Å². The van der Waals surface area contributed by atoms with Crippen LogP contribution in [0.25, 0.3) is 0 Å². The molecule has 1 aromatic rings. The minimum absolute atomic E-state index is 0.119. The number of rotatable bonds is 3. The first kappa shape index (κ1) is 15.7. The molecule has 0 saturated carbocycles. The Morgan fingerprint density at radius 1 is 1.52 bits per heavy atom. The van der Waals surface area contributed by atoms with Crippen molar-refractivity contribution in [3.05, 3.63) is 27.4 Å². The molecule has 21 heavy (non-hydrogen) atoms. The summed E-state index contributed by atoms with van der Waals surface area (Å²) in [6.45, 7) is 9.57. The molecular formula is C15H22N2O4. The Labute approximate surface area is 123 Å². The summed E-state index contributed by atoms with van der Waals surface area (Å²) in [4.78, 5) is 27.8. The van der Waals surface area contributed by atoms with Crippen LogP contribution in [0, 0.1) is 13.8 Å². The number of ether oxygens (including phenoxy) is 1. The molecule has 6 nitrogen and oxygen atoms in total. The van der Waals surface area contributed by atoms with Gasteiger partial charge in [0.05, 0.1) is 17.6 Å². The van der Waals surface area contributed by atoms with Crippen molar-refractivity contribution >= 4 is 5.97 Å². The zero-order valence-corrected chi connectivity index (χ0v) is 13.1. The van der Waals surface area contributed by atoms with Crippen LogP contribution in [-0.2, 0) is 15.1 Å². The molecule has 3 unspecified atom stereocenters. The van der Waals surface area contributed by atoms with Gasteiger partial charge in [-0.3, -0.25) is 9.36 Å². The lowest BCUT2D eigenvalue weighted by Gasteiger charge is -2.33. The Hall–Kier alpha value is -1.69. The molecule has 0 spiro atoms. The van der Waals surface area contributed by atoms with Gasteiger partial charge in [0.15, 0.2) is 0 Å². The molecule has 1 fully saturated rings. The summed E-state index contributed by atoms with van der Waals surface area (Å²) in [5, 5.41) is 9.29. The molecule has 1 saturated heterocycles. The fraction of sp³-hybridized carbons (Fsp3) is 0.667. The first-order chi connectivity index (χ1) is 9.70. The molecule has 2 heterocycles. The second-order valence-electron chi connectivity index (χ2n) is 5.99. The molecule has 3 atom stereocenters. The highest BCUT2D eigenvalue weighted by Gasteiger charge is 2.41. The van der Waals surface area contributed by atoms with Crippen molar-refractivity contribution in [2.45, 2.75) is 58.6 Å². The normalized spacial score (nSPS) is 26.8. The molecule has 1 aliphatic rings. The number of carbonyl (C=O) groups is 1. The van der Waals surface area contributed by atoms with Gasteiger partial charge in [-0.2, -0.15) is 4.98 Å². The maximum absolute atomic E-state index is 12.4. The molecule has 0 amide bonds. The quantitative estimate of drug-likeness (QED) is 0.915. The zero-order valence-electron chi connectivity index (χ0n) is 13.1. The van der Waals surface area contributed by atoms with Gasteiger partial charge < -0.3 is 9.84 Å². The van der Waals surface area contributed by atoms with Crippen LogP contribution in [0.2, 0.25) is 0 Å². The summed E-state index contributed by atoms with van der Waals surface area (Å²) in [5.41, 5.74) is 0.934. The summed E-state index contributed by atoms with van der Waals surface area (Å²) < 4.78 is 7.22. The molecule has 6 heteroatoms. The Balaban J connectivity index is 2.71. The van der Waals surface area contributed by atoms with Crippen molar-refractivity contribution < 1.29 is 14.6 Å². The van der Waals surface area contributed by atoms with Crippen LogP contribution in [0.5, 0.6) is 0 Å². The average Bonchev–Trinajstić information content (AvgIpc) is 2.69. The maximum atomic E-state index is 12.4. The van der Waals surface area contributed by atoms with Crippen molar-refractivity contribution in [1.82, 2.24) is 9.55 Å². The van der Waals surface area contributed by atoms with Crippen LogP contribution >= 0.6 is 0 Å². The van der Waals surface area contributed by atoms with E-state index in [-0.39, 0.29) is 11.8 Å². The minimum atomic E-state index is -0.922. The largest absolute Gasteiger partial charge is 0.481 e. The number of aromatic nitrogens is 2. The third-order valence-corrected chi connectivity index (χ3v) is 4.74. The van der Waals surface area contributed by atoms with Crippen molar-refractivity contribution in [1.29, 1.82) is 0 Å². The van der Waals surface area contributed by atoms with Crippen LogP contribution < -0.4 is 5.69 Å². The first-order valence-corrected chi connectivity index (χ1v) is 7.15. The number of hydrogen-bond acceptors (Lipinski definition) is 4. The van der Waals surface area contributed by atoms with Gasteiger partial charge in [-0.1, -0.05) is 0 Å². The molecule has 1 aromatic heterocycles. The van der Waals surface area contributed by atoms with Crippen LogP contribution in [0.1, 0.15) is 50.1 Å². The van der Waals surface area contributed by atoms with Crippen molar-refractivity contribution in [3.63, 3.8) is 0 Å². The molecule has 116 valence electrons. The van der Waals surface area contributed by atoms with Gasteiger partial charge in [0.25, 0.3) is 0 Å². The molecule has 0 radical (unpaired) electrons. The Morgan fingerprint density at radius 3 is 2.62 bits per heavy atom. The lowest BCUT2D eigenvalue weighted by molar-refractivity contribution is -0.138. The molecule has 1 N–H and O–H groups in total. The number of aryl methyl sites for hydroxylation is 1. The Bertz CT molecular complexity index is 637. The highest BCUT2D eigenvalue weighted by atomic mass is 16.5. The SMILES string of the molecule is Cc1nc(=O)n(C2(C)CCOC2C)c(C)c1C(C)C(=O)O. The van der Waals surface area contributed by atoms with E-state index in [1.165, 1.54) is 0 Å². The molecule has 1 aliphatic heterocycles. The molecule has 0 aromatic carbocycles. The third-order valence-electron chi connectivity index (χ3n) is 4.74. The fourth-order valence-corrected chi connectivity index (χ4v) is 3.25. The van der Waals surface area contributed by atoms with Gasteiger partial charge in [0, 0.05) is 23.6 Å². The van der Waals surface area contributed by atoms with Gasteiger partial charge in [0.1, 0.15) is 0 Å². The van der Waals surface area contributed by atoms with E-state index in [0.29, 0.717) is 30.0 Å². The molecule has 0 bridgehead atoms. The standard InChI is InChI=1S/C15H22N2O4/c1-8(13(18)19)12-9(2)16-14(20)17(10(12)3)15(5)6-7-21-11(15)4/h8,11H,6-7H2,1-5H3,(H,18,19). The number of hydrogen-bond donors (Lipinski definition) is 1. The van der Waals surface area contributed by atoms with Crippen molar-refractivity contribution in [2.75, 3.05) is 6.61 Å². The summed E-state index contributed by atoms with van der Waals surface area (Å²) in [7, 11) is 0. The first-order valence-electron chi connectivity index (χ1n) is 7.15. The summed E-state index contributed by atoms with van der Waals surface area (Å²) in [5.74, 6) is -1.63. The number of carboxylic acid groups (broad SMARTS) is 1. The third kappa shape index (κ3) is 2.37.